The molecule has 2 heterocycles. The van der Waals surface area contributed by atoms with E-state index in [1.807, 2.05) is 48.3 Å². The Hall–Kier alpha value is -2.40. The topological polar surface area (TPSA) is 48.5 Å². The normalized spacial score (nSPS) is 15.4. The van der Waals surface area contributed by atoms with Crippen LogP contribution in [0.5, 0.6) is 0 Å². The summed E-state index contributed by atoms with van der Waals surface area (Å²) in [6.07, 6.45) is 1.80. The molecule has 0 radical (unpaired) electrons. The number of hydrogen-bond acceptors (Lipinski definition) is 4. The van der Waals surface area contributed by atoms with Crippen molar-refractivity contribution >= 4 is 11.7 Å². The molecule has 1 aromatic heterocycles. The maximum atomic E-state index is 12.5. The molecule has 1 saturated heterocycles. The molecule has 23 heavy (non-hydrogen) atoms. The number of piperazine rings is 1. The smallest absolute Gasteiger partial charge is 0.253 e. The van der Waals surface area contributed by atoms with Gasteiger partial charge in [0.1, 0.15) is 5.82 Å². The van der Waals surface area contributed by atoms with E-state index in [0.29, 0.717) is 0 Å². The molecule has 0 saturated carbocycles. The summed E-state index contributed by atoms with van der Waals surface area (Å²) in [6.45, 7) is 4.16. The fourth-order valence-corrected chi connectivity index (χ4v) is 2.90. The summed E-state index contributed by atoms with van der Waals surface area (Å²) in [5, 5.41) is 3.13. The standard InChI is InChI=1S/C18H22N4O/c1-19-17-16(8-5-9-20-17)14-21-10-12-22(13-11-21)18(23)15-6-3-2-4-7-15/h2-9H,10-14H2,1H3,(H,19,20). The molecule has 1 N–H and O–H groups in total. The molecule has 5 nitrogen and oxygen atoms in total. The van der Waals surface area contributed by atoms with Gasteiger partial charge in [0, 0.05) is 57.1 Å². The van der Waals surface area contributed by atoms with Crippen LogP contribution in [0.15, 0.2) is 48.7 Å². The van der Waals surface area contributed by atoms with Crippen LogP contribution in [0.4, 0.5) is 5.82 Å². The van der Waals surface area contributed by atoms with Gasteiger partial charge in [0.2, 0.25) is 0 Å². The minimum Gasteiger partial charge on any atom is -0.373 e. The summed E-state index contributed by atoms with van der Waals surface area (Å²) in [5.41, 5.74) is 1.96. The van der Waals surface area contributed by atoms with Crippen LogP contribution < -0.4 is 5.32 Å². The first-order valence-corrected chi connectivity index (χ1v) is 7.96. The quantitative estimate of drug-likeness (QED) is 0.939. The fraction of sp³-hybridized carbons (Fsp3) is 0.333. The number of pyridine rings is 1. The van der Waals surface area contributed by atoms with Crippen molar-refractivity contribution in [1.82, 2.24) is 14.8 Å². The highest BCUT2D eigenvalue weighted by Crippen LogP contribution is 2.16. The van der Waals surface area contributed by atoms with Gasteiger partial charge in [-0.25, -0.2) is 4.98 Å². The number of nitrogens with zero attached hydrogens (tertiary/aromatic N) is 3. The highest BCUT2D eigenvalue weighted by molar-refractivity contribution is 5.94. The molecule has 0 spiro atoms. The SMILES string of the molecule is CNc1ncccc1CN1CCN(C(=O)c2ccccc2)CC1. The van der Waals surface area contributed by atoms with Crippen LogP contribution in [0.1, 0.15) is 15.9 Å². The van der Waals surface area contributed by atoms with E-state index in [9.17, 15) is 4.79 Å². The minimum atomic E-state index is 0.127. The number of amides is 1. The van der Waals surface area contributed by atoms with Gasteiger partial charge < -0.3 is 10.2 Å². The molecule has 2 aromatic rings. The Morgan fingerprint density at radius 1 is 1.09 bits per heavy atom. The molecule has 3 rings (SSSR count). The van der Waals surface area contributed by atoms with Crippen LogP contribution >= 0.6 is 0 Å². The van der Waals surface area contributed by atoms with Crippen molar-refractivity contribution in [2.45, 2.75) is 6.54 Å². The Morgan fingerprint density at radius 2 is 1.83 bits per heavy atom. The van der Waals surface area contributed by atoms with Gasteiger partial charge in [-0.15, -0.1) is 0 Å². The van der Waals surface area contributed by atoms with Crippen molar-refractivity contribution < 1.29 is 4.79 Å². The molecule has 1 aromatic carbocycles. The number of nitrogens with one attached hydrogen (secondary N) is 1. The number of hydrogen-bond donors (Lipinski definition) is 1. The van der Waals surface area contributed by atoms with E-state index in [-0.39, 0.29) is 5.91 Å². The average Bonchev–Trinajstić information content (AvgIpc) is 2.63. The number of aromatic nitrogens is 1. The van der Waals surface area contributed by atoms with Crippen LogP contribution in [0.25, 0.3) is 0 Å². The third-order valence-electron chi connectivity index (χ3n) is 4.20. The number of rotatable bonds is 4. The largest absolute Gasteiger partial charge is 0.373 e. The average molecular weight is 310 g/mol. The molecule has 0 bridgehead atoms. The molecule has 1 aliphatic rings. The zero-order valence-corrected chi connectivity index (χ0v) is 13.4. The Kier molecular flexibility index (Phi) is 4.88. The van der Waals surface area contributed by atoms with Gasteiger partial charge in [-0.1, -0.05) is 24.3 Å². The fourth-order valence-electron chi connectivity index (χ4n) is 2.90. The van der Waals surface area contributed by atoms with Crippen LogP contribution in [-0.2, 0) is 6.54 Å². The lowest BCUT2D eigenvalue weighted by Gasteiger charge is -2.35. The first-order valence-electron chi connectivity index (χ1n) is 7.96. The second kappa shape index (κ2) is 7.24. The Balaban J connectivity index is 1.57. The maximum absolute atomic E-state index is 12.5. The highest BCUT2D eigenvalue weighted by Gasteiger charge is 2.22. The molecular formula is C18H22N4O. The third kappa shape index (κ3) is 3.68. The van der Waals surface area contributed by atoms with E-state index < -0.39 is 0 Å². The van der Waals surface area contributed by atoms with E-state index in [0.717, 1.165) is 44.1 Å². The van der Waals surface area contributed by atoms with Crippen LogP contribution in [0.3, 0.4) is 0 Å². The van der Waals surface area contributed by atoms with Crippen molar-refractivity contribution in [1.29, 1.82) is 0 Å². The van der Waals surface area contributed by atoms with E-state index in [4.69, 9.17) is 0 Å². The number of benzene rings is 1. The molecule has 1 aliphatic heterocycles. The Bertz CT molecular complexity index is 651. The zero-order chi connectivity index (χ0) is 16.1. The first kappa shape index (κ1) is 15.5. The highest BCUT2D eigenvalue weighted by atomic mass is 16.2. The van der Waals surface area contributed by atoms with E-state index in [2.05, 4.69) is 21.3 Å². The molecule has 120 valence electrons. The predicted molar refractivity (Wildman–Crippen MR) is 91.4 cm³/mol. The maximum Gasteiger partial charge on any atom is 0.253 e. The monoisotopic (exact) mass is 310 g/mol. The van der Waals surface area contributed by atoms with E-state index in [1.165, 1.54) is 5.56 Å². The summed E-state index contributed by atoms with van der Waals surface area (Å²) in [5.74, 6) is 1.05. The van der Waals surface area contributed by atoms with E-state index >= 15 is 0 Å². The lowest BCUT2D eigenvalue weighted by Crippen LogP contribution is -2.48. The molecule has 1 amide bonds. The van der Waals surface area contributed by atoms with Gasteiger partial charge in [0.15, 0.2) is 0 Å². The van der Waals surface area contributed by atoms with Gasteiger partial charge in [-0.3, -0.25) is 9.69 Å². The summed E-state index contributed by atoms with van der Waals surface area (Å²) < 4.78 is 0. The molecule has 0 atom stereocenters. The summed E-state index contributed by atoms with van der Waals surface area (Å²) in [7, 11) is 1.89. The van der Waals surface area contributed by atoms with Gasteiger partial charge in [0.05, 0.1) is 0 Å². The zero-order valence-electron chi connectivity index (χ0n) is 13.4. The summed E-state index contributed by atoms with van der Waals surface area (Å²) in [4.78, 5) is 21.1. The van der Waals surface area contributed by atoms with Crippen LogP contribution in [0.2, 0.25) is 0 Å². The van der Waals surface area contributed by atoms with Crippen molar-refractivity contribution in [3.63, 3.8) is 0 Å². The second-order valence-electron chi connectivity index (χ2n) is 5.70. The van der Waals surface area contributed by atoms with Gasteiger partial charge in [-0.2, -0.15) is 0 Å². The van der Waals surface area contributed by atoms with E-state index in [1.54, 1.807) is 6.20 Å². The number of carbonyl (C=O) groups is 1. The van der Waals surface area contributed by atoms with Crippen molar-refractivity contribution in [3.8, 4) is 0 Å². The second-order valence-corrected chi connectivity index (χ2v) is 5.70. The first-order chi connectivity index (χ1) is 11.3. The summed E-state index contributed by atoms with van der Waals surface area (Å²) >= 11 is 0. The lowest BCUT2D eigenvalue weighted by molar-refractivity contribution is 0.0628. The van der Waals surface area contributed by atoms with Crippen LogP contribution in [-0.4, -0.2) is 53.9 Å². The minimum absolute atomic E-state index is 0.127. The lowest BCUT2D eigenvalue weighted by atomic mass is 10.1. The van der Waals surface area contributed by atoms with Gasteiger partial charge >= 0.3 is 0 Å². The van der Waals surface area contributed by atoms with Gasteiger partial charge in [-0.05, 0) is 18.2 Å². The van der Waals surface area contributed by atoms with Crippen molar-refractivity contribution in [2.24, 2.45) is 0 Å². The van der Waals surface area contributed by atoms with Crippen molar-refractivity contribution in [3.05, 3.63) is 59.8 Å². The Labute approximate surface area is 136 Å². The molecule has 0 aliphatic carbocycles. The Morgan fingerprint density at radius 3 is 2.52 bits per heavy atom. The van der Waals surface area contributed by atoms with Gasteiger partial charge in [0.25, 0.3) is 5.91 Å². The molecule has 1 fully saturated rings. The third-order valence-corrected chi connectivity index (χ3v) is 4.20. The molecule has 0 unspecified atom stereocenters. The number of carbonyl (C=O) groups excluding carboxylic acids is 1. The molecule has 5 heteroatoms. The summed E-state index contributed by atoms with van der Waals surface area (Å²) in [6, 6.07) is 13.6. The predicted octanol–water partition coefficient (Wildman–Crippen LogP) is 2.08. The molecular weight excluding hydrogens is 288 g/mol. The van der Waals surface area contributed by atoms with Crippen LogP contribution in [0, 0.1) is 0 Å². The van der Waals surface area contributed by atoms with Crippen molar-refractivity contribution in [2.75, 3.05) is 38.5 Å². The number of anilines is 1.